The molecule has 0 saturated carbocycles. The SMILES string of the molecule is Brc1ccc(C2=CN=C(C3CCCN3)C2)cc1. The normalized spacial score (nSPS) is 23.7. The Morgan fingerprint density at radius 3 is 2.76 bits per heavy atom. The maximum absolute atomic E-state index is 4.58. The van der Waals surface area contributed by atoms with Crippen LogP contribution in [0.3, 0.4) is 0 Å². The minimum Gasteiger partial charge on any atom is -0.309 e. The minimum absolute atomic E-state index is 0.513. The van der Waals surface area contributed by atoms with Gasteiger partial charge in [0.1, 0.15) is 0 Å². The predicted octanol–water partition coefficient (Wildman–Crippen LogP) is 3.39. The second-order valence-corrected chi connectivity index (χ2v) is 5.52. The van der Waals surface area contributed by atoms with Gasteiger partial charge in [-0.2, -0.15) is 0 Å². The van der Waals surface area contributed by atoms with E-state index in [4.69, 9.17) is 0 Å². The van der Waals surface area contributed by atoms with Crippen molar-refractivity contribution in [2.75, 3.05) is 6.54 Å². The van der Waals surface area contributed by atoms with E-state index in [2.05, 4.69) is 50.5 Å². The van der Waals surface area contributed by atoms with Crippen molar-refractivity contribution < 1.29 is 0 Å². The minimum atomic E-state index is 0.513. The van der Waals surface area contributed by atoms with Crippen LogP contribution in [0.15, 0.2) is 39.9 Å². The molecule has 1 aromatic rings. The predicted molar refractivity (Wildman–Crippen MR) is 75.2 cm³/mol. The molecule has 0 spiro atoms. The van der Waals surface area contributed by atoms with Crippen LogP contribution in [-0.2, 0) is 0 Å². The summed E-state index contributed by atoms with van der Waals surface area (Å²) >= 11 is 3.46. The van der Waals surface area contributed by atoms with Gasteiger partial charge in [-0.15, -0.1) is 0 Å². The third-order valence-electron chi connectivity index (χ3n) is 3.44. The zero-order valence-corrected chi connectivity index (χ0v) is 11.2. The number of hydrogen-bond acceptors (Lipinski definition) is 2. The van der Waals surface area contributed by atoms with Crippen LogP contribution in [-0.4, -0.2) is 18.3 Å². The lowest BCUT2D eigenvalue weighted by atomic mass is 9.99. The van der Waals surface area contributed by atoms with E-state index < -0.39 is 0 Å². The lowest BCUT2D eigenvalue weighted by Gasteiger charge is -2.10. The number of rotatable bonds is 2. The molecule has 0 aromatic heterocycles. The number of halogens is 1. The molecule has 1 aromatic carbocycles. The average molecular weight is 291 g/mol. The smallest absolute Gasteiger partial charge is 0.0459 e. The number of nitrogens with zero attached hydrogens (tertiary/aromatic N) is 1. The number of benzene rings is 1. The van der Waals surface area contributed by atoms with Crippen LogP contribution in [0.4, 0.5) is 0 Å². The molecular formula is C14H15BrN2. The Morgan fingerprint density at radius 1 is 1.24 bits per heavy atom. The molecule has 2 nitrogen and oxygen atoms in total. The number of allylic oxidation sites excluding steroid dienone is 1. The zero-order valence-electron chi connectivity index (χ0n) is 9.62. The third kappa shape index (κ3) is 2.35. The highest BCUT2D eigenvalue weighted by atomic mass is 79.9. The Kier molecular flexibility index (Phi) is 3.12. The summed E-state index contributed by atoms with van der Waals surface area (Å²) < 4.78 is 1.12. The molecule has 1 fully saturated rings. The molecule has 2 heterocycles. The van der Waals surface area contributed by atoms with E-state index in [1.54, 1.807) is 0 Å². The molecule has 88 valence electrons. The molecule has 0 radical (unpaired) electrons. The molecule has 0 aliphatic carbocycles. The molecule has 0 bridgehead atoms. The van der Waals surface area contributed by atoms with Gasteiger partial charge in [-0.3, -0.25) is 4.99 Å². The quantitative estimate of drug-likeness (QED) is 0.887. The first-order chi connectivity index (χ1) is 8.33. The van der Waals surface area contributed by atoms with Crippen LogP contribution in [0.2, 0.25) is 0 Å². The summed E-state index contributed by atoms with van der Waals surface area (Å²) in [4.78, 5) is 4.58. The monoisotopic (exact) mass is 290 g/mol. The van der Waals surface area contributed by atoms with Crippen molar-refractivity contribution in [3.05, 3.63) is 40.5 Å². The highest BCUT2D eigenvalue weighted by Gasteiger charge is 2.23. The Morgan fingerprint density at radius 2 is 2.06 bits per heavy atom. The molecule has 2 aliphatic heterocycles. The zero-order chi connectivity index (χ0) is 11.7. The van der Waals surface area contributed by atoms with E-state index in [0.717, 1.165) is 17.4 Å². The highest BCUT2D eigenvalue weighted by Crippen LogP contribution is 2.27. The van der Waals surface area contributed by atoms with Gasteiger partial charge in [0.25, 0.3) is 0 Å². The largest absolute Gasteiger partial charge is 0.309 e. The van der Waals surface area contributed by atoms with Gasteiger partial charge in [-0.1, -0.05) is 28.1 Å². The number of nitrogens with one attached hydrogen (secondary N) is 1. The van der Waals surface area contributed by atoms with Crippen molar-refractivity contribution in [3.63, 3.8) is 0 Å². The molecule has 0 amide bonds. The molecule has 1 N–H and O–H groups in total. The summed E-state index contributed by atoms with van der Waals surface area (Å²) in [6, 6.07) is 8.98. The fourth-order valence-electron chi connectivity index (χ4n) is 2.47. The molecule has 1 saturated heterocycles. The van der Waals surface area contributed by atoms with E-state index in [0.29, 0.717) is 6.04 Å². The van der Waals surface area contributed by atoms with Gasteiger partial charge in [-0.05, 0) is 42.7 Å². The lowest BCUT2D eigenvalue weighted by Crippen LogP contribution is -2.29. The van der Waals surface area contributed by atoms with Gasteiger partial charge in [-0.25, -0.2) is 0 Å². The fourth-order valence-corrected chi connectivity index (χ4v) is 2.73. The van der Waals surface area contributed by atoms with E-state index in [1.807, 2.05) is 6.20 Å². The maximum Gasteiger partial charge on any atom is 0.0459 e. The Balaban J connectivity index is 1.71. The van der Waals surface area contributed by atoms with Gasteiger partial charge in [0, 0.05) is 28.8 Å². The summed E-state index contributed by atoms with van der Waals surface area (Å²) in [5.41, 5.74) is 3.92. The number of hydrogen-bond donors (Lipinski definition) is 1. The summed E-state index contributed by atoms with van der Waals surface area (Å²) in [6.07, 6.45) is 5.54. The maximum atomic E-state index is 4.58. The molecule has 3 heteroatoms. The Labute approximate surface area is 110 Å². The molecule has 1 atom stereocenters. The fraction of sp³-hybridized carbons (Fsp3) is 0.357. The van der Waals surface area contributed by atoms with Crippen molar-refractivity contribution in [2.24, 2.45) is 4.99 Å². The first-order valence-electron chi connectivity index (χ1n) is 6.08. The van der Waals surface area contributed by atoms with Crippen LogP contribution in [0, 0.1) is 0 Å². The average Bonchev–Trinajstić information content (AvgIpc) is 3.00. The molecule has 2 aliphatic rings. The second kappa shape index (κ2) is 4.75. The molecule has 3 rings (SSSR count). The van der Waals surface area contributed by atoms with E-state index in [1.165, 1.54) is 29.7 Å². The van der Waals surface area contributed by atoms with Crippen molar-refractivity contribution >= 4 is 27.2 Å². The van der Waals surface area contributed by atoms with E-state index >= 15 is 0 Å². The van der Waals surface area contributed by atoms with Gasteiger partial charge < -0.3 is 5.32 Å². The van der Waals surface area contributed by atoms with E-state index in [9.17, 15) is 0 Å². The lowest BCUT2D eigenvalue weighted by molar-refractivity contribution is 0.756. The highest BCUT2D eigenvalue weighted by molar-refractivity contribution is 9.10. The van der Waals surface area contributed by atoms with Crippen LogP contribution in [0.1, 0.15) is 24.8 Å². The standard InChI is InChI=1S/C14H15BrN2/c15-12-5-3-10(4-6-12)11-8-14(17-9-11)13-2-1-7-16-13/h3-6,9,13,16H,1-2,7-8H2. The van der Waals surface area contributed by atoms with Crippen molar-refractivity contribution in [1.82, 2.24) is 5.32 Å². The topological polar surface area (TPSA) is 24.4 Å². The van der Waals surface area contributed by atoms with Crippen LogP contribution >= 0.6 is 15.9 Å². The third-order valence-corrected chi connectivity index (χ3v) is 3.96. The summed E-state index contributed by atoms with van der Waals surface area (Å²) in [5.74, 6) is 0. The Hall–Kier alpha value is -0.930. The van der Waals surface area contributed by atoms with Crippen molar-refractivity contribution in [1.29, 1.82) is 0 Å². The first-order valence-corrected chi connectivity index (χ1v) is 6.87. The van der Waals surface area contributed by atoms with Crippen LogP contribution in [0.25, 0.3) is 5.57 Å². The molecule has 1 unspecified atom stereocenters. The van der Waals surface area contributed by atoms with Gasteiger partial charge >= 0.3 is 0 Å². The summed E-state index contributed by atoms with van der Waals surface area (Å²) in [6.45, 7) is 1.14. The Bertz CT molecular complexity index is 468. The summed E-state index contributed by atoms with van der Waals surface area (Å²) in [5, 5.41) is 3.51. The van der Waals surface area contributed by atoms with Gasteiger partial charge in [0.2, 0.25) is 0 Å². The van der Waals surface area contributed by atoms with Crippen molar-refractivity contribution in [2.45, 2.75) is 25.3 Å². The van der Waals surface area contributed by atoms with Crippen molar-refractivity contribution in [3.8, 4) is 0 Å². The molecule has 17 heavy (non-hydrogen) atoms. The second-order valence-electron chi connectivity index (χ2n) is 4.61. The molecular weight excluding hydrogens is 276 g/mol. The number of aliphatic imine (C=N–C) groups is 1. The first kappa shape index (κ1) is 11.2. The van der Waals surface area contributed by atoms with Crippen LogP contribution < -0.4 is 5.32 Å². The van der Waals surface area contributed by atoms with E-state index in [-0.39, 0.29) is 0 Å². The van der Waals surface area contributed by atoms with Gasteiger partial charge in [0.15, 0.2) is 0 Å². The van der Waals surface area contributed by atoms with Crippen LogP contribution in [0.5, 0.6) is 0 Å². The van der Waals surface area contributed by atoms with Gasteiger partial charge in [0.05, 0.1) is 0 Å². The summed E-state index contributed by atoms with van der Waals surface area (Å²) in [7, 11) is 0.